The minimum absolute atomic E-state index is 0.0363. The summed E-state index contributed by atoms with van der Waals surface area (Å²) in [6, 6.07) is 3.49. The highest BCUT2D eigenvalue weighted by Gasteiger charge is 2.30. The molecular formula is C12H17N3O4S. The molecule has 7 nitrogen and oxygen atoms in total. The number of nitrogens with zero attached hydrogens (tertiary/aromatic N) is 2. The number of benzene rings is 1. The van der Waals surface area contributed by atoms with Crippen LogP contribution in [0.3, 0.4) is 0 Å². The molecule has 0 atom stereocenters. The standard InChI is InChI=1S/C12H17N3O4S/c1-9-4-6-14(7-5-9)20(18,19)12-8-10(15(16)17)2-3-11(12)13/h2-3,8-9H,4-7,13H2,1H3. The quantitative estimate of drug-likeness (QED) is 0.518. The van der Waals surface area contributed by atoms with Gasteiger partial charge in [0, 0.05) is 25.2 Å². The highest BCUT2D eigenvalue weighted by atomic mass is 32.2. The van der Waals surface area contributed by atoms with Crippen LogP contribution in [0.1, 0.15) is 19.8 Å². The minimum atomic E-state index is -3.77. The van der Waals surface area contributed by atoms with Gasteiger partial charge in [-0.05, 0) is 24.8 Å². The van der Waals surface area contributed by atoms with Gasteiger partial charge >= 0.3 is 0 Å². The van der Waals surface area contributed by atoms with Crippen LogP contribution in [0.15, 0.2) is 23.1 Å². The van der Waals surface area contributed by atoms with Crippen molar-refractivity contribution >= 4 is 21.4 Å². The van der Waals surface area contributed by atoms with Gasteiger partial charge in [-0.3, -0.25) is 10.1 Å². The molecule has 1 aliphatic heterocycles. The molecule has 2 N–H and O–H groups in total. The van der Waals surface area contributed by atoms with Gasteiger partial charge in [-0.2, -0.15) is 4.31 Å². The maximum atomic E-state index is 12.5. The molecule has 1 aromatic rings. The molecule has 0 aliphatic carbocycles. The summed E-state index contributed by atoms with van der Waals surface area (Å²) in [5, 5.41) is 10.8. The van der Waals surface area contributed by atoms with Crippen LogP contribution < -0.4 is 5.73 Å². The molecule has 110 valence electrons. The number of hydrogen-bond acceptors (Lipinski definition) is 5. The molecule has 0 bridgehead atoms. The molecule has 1 heterocycles. The molecule has 2 rings (SSSR count). The van der Waals surface area contributed by atoms with E-state index < -0.39 is 14.9 Å². The molecule has 1 aromatic carbocycles. The van der Waals surface area contributed by atoms with Gasteiger partial charge in [-0.1, -0.05) is 6.92 Å². The van der Waals surface area contributed by atoms with Crippen LogP contribution in [-0.4, -0.2) is 30.7 Å². The lowest BCUT2D eigenvalue weighted by Gasteiger charge is -2.29. The number of anilines is 1. The molecule has 0 unspecified atom stereocenters. The topological polar surface area (TPSA) is 107 Å². The van der Waals surface area contributed by atoms with Crippen molar-refractivity contribution < 1.29 is 13.3 Å². The van der Waals surface area contributed by atoms with Crippen LogP contribution in [-0.2, 0) is 10.0 Å². The highest BCUT2D eigenvalue weighted by Crippen LogP contribution is 2.29. The fourth-order valence-corrected chi connectivity index (χ4v) is 3.83. The normalized spacial score (nSPS) is 18.1. The highest BCUT2D eigenvalue weighted by molar-refractivity contribution is 7.89. The summed E-state index contributed by atoms with van der Waals surface area (Å²) in [5.74, 6) is 0.490. The Hall–Kier alpha value is -1.67. The fourth-order valence-electron chi connectivity index (χ4n) is 2.22. The number of sulfonamides is 1. The van der Waals surface area contributed by atoms with Gasteiger partial charge in [-0.15, -0.1) is 0 Å². The third-order valence-electron chi connectivity index (χ3n) is 3.57. The molecule has 1 fully saturated rings. The number of nitro groups is 1. The first-order chi connectivity index (χ1) is 9.32. The zero-order valence-corrected chi connectivity index (χ0v) is 12.0. The first-order valence-electron chi connectivity index (χ1n) is 6.36. The third-order valence-corrected chi connectivity index (χ3v) is 5.52. The lowest BCUT2D eigenvalue weighted by atomic mass is 10.0. The molecule has 0 spiro atoms. The minimum Gasteiger partial charge on any atom is -0.398 e. The first kappa shape index (κ1) is 14.7. The lowest BCUT2D eigenvalue weighted by molar-refractivity contribution is -0.385. The molecule has 1 aliphatic rings. The molecule has 0 amide bonds. The zero-order valence-electron chi connectivity index (χ0n) is 11.2. The second kappa shape index (κ2) is 5.37. The summed E-state index contributed by atoms with van der Waals surface area (Å²) in [4.78, 5) is 9.96. The number of nitrogens with two attached hydrogens (primary N) is 1. The van der Waals surface area contributed by atoms with Crippen LogP contribution in [0, 0.1) is 16.0 Å². The maximum absolute atomic E-state index is 12.5. The van der Waals surface area contributed by atoms with Crippen molar-refractivity contribution in [2.45, 2.75) is 24.7 Å². The molecular weight excluding hydrogens is 282 g/mol. The van der Waals surface area contributed by atoms with Crippen molar-refractivity contribution in [3.05, 3.63) is 28.3 Å². The van der Waals surface area contributed by atoms with Gasteiger partial charge in [-0.25, -0.2) is 8.42 Å². The largest absolute Gasteiger partial charge is 0.398 e. The van der Waals surface area contributed by atoms with E-state index in [0.717, 1.165) is 18.9 Å². The van der Waals surface area contributed by atoms with E-state index in [1.807, 2.05) is 0 Å². The number of nitro benzene ring substituents is 1. The average Bonchev–Trinajstić information content (AvgIpc) is 2.39. The summed E-state index contributed by atoms with van der Waals surface area (Å²) in [7, 11) is -3.77. The molecule has 20 heavy (non-hydrogen) atoms. The van der Waals surface area contributed by atoms with E-state index in [2.05, 4.69) is 6.92 Å². The van der Waals surface area contributed by atoms with E-state index in [0.29, 0.717) is 19.0 Å². The fraction of sp³-hybridized carbons (Fsp3) is 0.500. The Morgan fingerprint density at radius 2 is 1.95 bits per heavy atom. The number of non-ortho nitro benzene ring substituents is 1. The molecule has 0 radical (unpaired) electrons. The summed E-state index contributed by atoms with van der Waals surface area (Å²) in [5.41, 5.74) is 5.44. The predicted octanol–water partition coefficient (Wildman–Crippen LogP) is 1.60. The number of hydrogen-bond donors (Lipinski definition) is 1. The predicted molar refractivity (Wildman–Crippen MR) is 74.7 cm³/mol. The van der Waals surface area contributed by atoms with Crippen molar-refractivity contribution in [3.63, 3.8) is 0 Å². The van der Waals surface area contributed by atoms with E-state index in [1.54, 1.807) is 0 Å². The van der Waals surface area contributed by atoms with Crippen LogP contribution in [0.5, 0.6) is 0 Å². The zero-order chi connectivity index (χ0) is 14.9. The van der Waals surface area contributed by atoms with E-state index in [4.69, 9.17) is 5.73 Å². The van der Waals surface area contributed by atoms with Crippen molar-refractivity contribution in [1.29, 1.82) is 0 Å². The summed E-state index contributed by atoms with van der Waals surface area (Å²) >= 11 is 0. The van der Waals surface area contributed by atoms with E-state index in [-0.39, 0.29) is 16.3 Å². The maximum Gasteiger partial charge on any atom is 0.270 e. The van der Waals surface area contributed by atoms with Gasteiger partial charge in [0.2, 0.25) is 10.0 Å². The van der Waals surface area contributed by atoms with Gasteiger partial charge in [0.05, 0.1) is 10.6 Å². The monoisotopic (exact) mass is 299 g/mol. The van der Waals surface area contributed by atoms with Crippen LogP contribution >= 0.6 is 0 Å². The first-order valence-corrected chi connectivity index (χ1v) is 7.80. The Morgan fingerprint density at radius 3 is 2.50 bits per heavy atom. The number of piperidine rings is 1. The molecule has 0 aromatic heterocycles. The average molecular weight is 299 g/mol. The smallest absolute Gasteiger partial charge is 0.270 e. The SMILES string of the molecule is CC1CCN(S(=O)(=O)c2cc([N+](=O)[O-])ccc2N)CC1. The molecule has 1 saturated heterocycles. The number of nitrogen functional groups attached to an aromatic ring is 1. The summed E-state index contributed by atoms with van der Waals surface area (Å²) in [6.07, 6.45) is 1.57. The van der Waals surface area contributed by atoms with Gasteiger partial charge in [0.25, 0.3) is 5.69 Å². The Kier molecular flexibility index (Phi) is 3.96. The Labute approximate surface area is 117 Å². The third kappa shape index (κ3) is 2.75. The summed E-state index contributed by atoms with van der Waals surface area (Å²) < 4.78 is 26.4. The van der Waals surface area contributed by atoms with E-state index in [9.17, 15) is 18.5 Å². The van der Waals surface area contributed by atoms with Crippen molar-refractivity contribution in [2.24, 2.45) is 5.92 Å². The number of rotatable bonds is 3. The van der Waals surface area contributed by atoms with E-state index in [1.165, 1.54) is 16.4 Å². The summed E-state index contributed by atoms with van der Waals surface area (Å²) in [6.45, 7) is 2.92. The second-order valence-corrected chi connectivity index (χ2v) is 6.97. The van der Waals surface area contributed by atoms with Crippen molar-refractivity contribution in [1.82, 2.24) is 4.31 Å². The van der Waals surface area contributed by atoms with Crippen molar-refractivity contribution in [2.75, 3.05) is 18.8 Å². The Bertz CT molecular complexity index is 622. The van der Waals surface area contributed by atoms with E-state index >= 15 is 0 Å². The van der Waals surface area contributed by atoms with Crippen LogP contribution in [0.2, 0.25) is 0 Å². The van der Waals surface area contributed by atoms with Gasteiger partial charge in [0.15, 0.2) is 0 Å². The Morgan fingerprint density at radius 1 is 1.35 bits per heavy atom. The van der Waals surface area contributed by atoms with Gasteiger partial charge < -0.3 is 5.73 Å². The van der Waals surface area contributed by atoms with Crippen LogP contribution in [0.4, 0.5) is 11.4 Å². The lowest BCUT2D eigenvalue weighted by Crippen LogP contribution is -2.38. The molecule has 0 saturated carbocycles. The second-order valence-electron chi connectivity index (χ2n) is 5.07. The van der Waals surface area contributed by atoms with Crippen molar-refractivity contribution in [3.8, 4) is 0 Å². The van der Waals surface area contributed by atoms with Crippen LogP contribution in [0.25, 0.3) is 0 Å². The van der Waals surface area contributed by atoms with Gasteiger partial charge in [0.1, 0.15) is 4.90 Å². The Balaban J connectivity index is 2.38. The molecule has 8 heteroatoms.